The molecule has 3 N–H and O–H groups in total. The van der Waals surface area contributed by atoms with Crippen LogP contribution in [0.2, 0.25) is 5.02 Å². The van der Waals surface area contributed by atoms with Gasteiger partial charge in [-0.1, -0.05) is 27.5 Å². The Balaban J connectivity index is 2.55. The number of nitrogens with one attached hydrogen (secondary N) is 1. The molecule has 0 saturated heterocycles. The van der Waals surface area contributed by atoms with Crippen LogP contribution in [-0.4, -0.2) is 9.78 Å². The van der Waals surface area contributed by atoms with Crippen molar-refractivity contribution in [3.8, 4) is 0 Å². The van der Waals surface area contributed by atoms with Gasteiger partial charge in [0.2, 0.25) is 0 Å². The van der Waals surface area contributed by atoms with E-state index in [1.165, 1.54) is 12.3 Å². The van der Waals surface area contributed by atoms with E-state index < -0.39 is 6.04 Å². The number of benzene rings is 1. The molecule has 0 spiro atoms. The molecule has 0 fully saturated rings. The third-order valence-corrected chi connectivity index (χ3v) is 3.43. The fraction of sp³-hybridized carbons (Fsp3) is 0.182. The van der Waals surface area contributed by atoms with Gasteiger partial charge in [0.15, 0.2) is 0 Å². The molecule has 1 unspecified atom stereocenters. The van der Waals surface area contributed by atoms with Crippen LogP contribution in [0.15, 0.2) is 28.9 Å². The van der Waals surface area contributed by atoms with Gasteiger partial charge >= 0.3 is 0 Å². The van der Waals surface area contributed by atoms with Crippen LogP contribution in [0.3, 0.4) is 0 Å². The fourth-order valence-electron chi connectivity index (χ4n) is 1.80. The highest BCUT2D eigenvalue weighted by atomic mass is 79.9. The lowest BCUT2D eigenvalue weighted by Crippen LogP contribution is -2.31. The maximum atomic E-state index is 13.9. The Bertz CT molecular complexity index is 553. The SMILES string of the molecule is Cn1ncc(Cl)c1C(NN)c1cc(Br)ccc1F. The van der Waals surface area contributed by atoms with Crippen LogP contribution >= 0.6 is 27.5 Å². The fourth-order valence-corrected chi connectivity index (χ4v) is 2.45. The molecule has 0 bridgehead atoms. The van der Waals surface area contributed by atoms with Gasteiger partial charge in [0.1, 0.15) is 5.82 Å². The number of aromatic nitrogens is 2. The summed E-state index contributed by atoms with van der Waals surface area (Å²) in [5.41, 5.74) is 3.57. The third-order valence-electron chi connectivity index (χ3n) is 2.65. The molecule has 2 rings (SSSR count). The van der Waals surface area contributed by atoms with Crippen LogP contribution in [0.25, 0.3) is 0 Å². The highest BCUT2D eigenvalue weighted by Crippen LogP contribution is 2.30. The number of rotatable bonds is 3. The maximum Gasteiger partial charge on any atom is 0.128 e. The summed E-state index contributed by atoms with van der Waals surface area (Å²) in [7, 11) is 1.72. The number of nitrogens with zero attached hydrogens (tertiary/aromatic N) is 2. The average Bonchev–Trinajstić information content (AvgIpc) is 2.66. The van der Waals surface area contributed by atoms with Crippen LogP contribution in [0.4, 0.5) is 4.39 Å². The Hall–Kier alpha value is -0.950. The monoisotopic (exact) mass is 332 g/mol. The Labute approximate surface area is 117 Å². The molecule has 4 nitrogen and oxygen atoms in total. The maximum absolute atomic E-state index is 13.9. The molecule has 0 aliphatic carbocycles. The Morgan fingerprint density at radius 1 is 1.56 bits per heavy atom. The normalized spacial score (nSPS) is 12.7. The van der Waals surface area contributed by atoms with Gasteiger partial charge in [0, 0.05) is 17.1 Å². The Morgan fingerprint density at radius 3 is 2.83 bits per heavy atom. The molecule has 7 heteroatoms. The zero-order valence-electron chi connectivity index (χ0n) is 9.49. The van der Waals surface area contributed by atoms with Crippen LogP contribution in [0.1, 0.15) is 17.3 Å². The second kappa shape index (κ2) is 5.36. The molecule has 0 aliphatic heterocycles. The molecule has 0 aliphatic rings. The number of hydrazine groups is 1. The van der Waals surface area contributed by atoms with Crippen molar-refractivity contribution in [1.82, 2.24) is 15.2 Å². The summed E-state index contributed by atoms with van der Waals surface area (Å²) in [4.78, 5) is 0. The van der Waals surface area contributed by atoms with Crippen molar-refractivity contribution in [3.63, 3.8) is 0 Å². The number of hydrogen-bond donors (Lipinski definition) is 2. The van der Waals surface area contributed by atoms with Gasteiger partial charge in [-0.25, -0.2) is 9.82 Å². The highest BCUT2D eigenvalue weighted by molar-refractivity contribution is 9.10. The summed E-state index contributed by atoms with van der Waals surface area (Å²) in [6.45, 7) is 0. The minimum Gasteiger partial charge on any atom is -0.271 e. The molecule has 1 atom stereocenters. The second-order valence-electron chi connectivity index (χ2n) is 3.77. The van der Waals surface area contributed by atoms with Crippen LogP contribution in [-0.2, 0) is 7.05 Å². The predicted molar refractivity (Wildman–Crippen MR) is 71.5 cm³/mol. The summed E-state index contributed by atoms with van der Waals surface area (Å²) in [5, 5.41) is 4.45. The zero-order valence-corrected chi connectivity index (χ0v) is 11.8. The van der Waals surface area contributed by atoms with E-state index in [2.05, 4.69) is 26.5 Å². The first-order chi connectivity index (χ1) is 8.54. The first-order valence-electron chi connectivity index (χ1n) is 5.13. The quantitative estimate of drug-likeness (QED) is 0.670. The van der Waals surface area contributed by atoms with E-state index >= 15 is 0 Å². The lowest BCUT2D eigenvalue weighted by Gasteiger charge is -2.18. The van der Waals surface area contributed by atoms with Crippen molar-refractivity contribution in [2.75, 3.05) is 0 Å². The molecule has 0 radical (unpaired) electrons. The van der Waals surface area contributed by atoms with Gasteiger partial charge in [-0.3, -0.25) is 10.5 Å². The molecule has 0 amide bonds. The Morgan fingerprint density at radius 2 is 2.28 bits per heavy atom. The van der Waals surface area contributed by atoms with Crippen molar-refractivity contribution >= 4 is 27.5 Å². The second-order valence-corrected chi connectivity index (χ2v) is 5.09. The first-order valence-corrected chi connectivity index (χ1v) is 6.30. The van der Waals surface area contributed by atoms with Crippen LogP contribution < -0.4 is 11.3 Å². The van der Waals surface area contributed by atoms with Crippen molar-refractivity contribution in [2.24, 2.45) is 12.9 Å². The molecule has 2 aromatic rings. The lowest BCUT2D eigenvalue weighted by atomic mass is 10.0. The van der Waals surface area contributed by atoms with Gasteiger partial charge in [0.05, 0.1) is 23.0 Å². The van der Waals surface area contributed by atoms with E-state index in [0.29, 0.717) is 16.3 Å². The molecule has 1 aromatic heterocycles. The summed E-state index contributed by atoms with van der Waals surface area (Å²) < 4.78 is 16.2. The molecule has 96 valence electrons. The molecular weight excluding hydrogens is 323 g/mol. The number of hydrogen-bond acceptors (Lipinski definition) is 3. The van der Waals surface area contributed by atoms with Crippen LogP contribution in [0.5, 0.6) is 0 Å². The van der Waals surface area contributed by atoms with Crippen molar-refractivity contribution in [1.29, 1.82) is 0 Å². The minimum absolute atomic E-state index is 0.363. The largest absolute Gasteiger partial charge is 0.271 e. The van der Waals surface area contributed by atoms with Crippen molar-refractivity contribution < 1.29 is 4.39 Å². The summed E-state index contributed by atoms with van der Waals surface area (Å²) in [6.07, 6.45) is 1.50. The van der Waals surface area contributed by atoms with Gasteiger partial charge < -0.3 is 0 Å². The van der Waals surface area contributed by atoms with Gasteiger partial charge in [-0.2, -0.15) is 5.10 Å². The van der Waals surface area contributed by atoms with Crippen LogP contribution in [0, 0.1) is 5.82 Å². The van der Waals surface area contributed by atoms with E-state index in [1.807, 2.05) is 0 Å². The molecule has 0 saturated carbocycles. The number of aryl methyl sites for hydroxylation is 1. The predicted octanol–water partition coefficient (Wildman–Crippen LogP) is 2.53. The highest BCUT2D eigenvalue weighted by Gasteiger charge is 2.22. The van der Waals surface area contributed by atoms with Gasteiger partial charge in [-0.05, 0) is 18.2 Å². The van der Waals surface area contributed by atoms with E-state index in [1.54, 1.807) is 23.9 Å². The topological polar surface area (TPSA) is 55.9 Å². The molecule has 1 heterocycles. The van der Waals surface area contributed by atoms with E-state index in [0.717, 1.165) is 4.47 Å². The van der Waals surface area contributed by atoms with Gasteiger partial charge in [0.25, 0.3) is 0 Å². The molecule has 18 heavy (non-hydrogen) atoms. The van der Waals surface area contributed by atoms with E-state index in [9.17, 15) is 4.39 Å². The van der Waals surface area contributed by atoms with E-state index in [4.69, 9.17) is 17.4 Å². The summed E-state index contributed by atoms with van der Waals surface area (Å²) >= 11 is 9.35. The average molecular weight is 334 g/mol. The standard InChI is InChI=1S/C11H11BrClFN4/c1-18-11(8(13)5-16-18)10(17-15)7-4-6(12)2-3-9(7)14/h2-5,10,17H,15H2,1H3. The smallest absolute Gasteiger partial charge is 0.128 e. The van der Waals surface area contributed by atoms with Crippen molar-refractivity contribution in [2.45, 2.75) is 6.04 Å². The lowest BCUT2D eigenvalue weighted by molar-refractivity contribution is 0.532. The minimum atomic E-state index is -0.567. The van der Waals surface area contributed by atoms with E-state index in [-0.39, 0.29) is 5.82 Å². The Kier molecular flexibility index (Phi) is 4.01. The molecule has 1 aromatic carbocycles. The van der Waals surface area contributed by atoms with Gasteiger partial charge in [-0.15, -0.1) is 0 Å². The zero-order chi connectivity index (χ0) is 13.3. The number of halogens is 3. The first kappa shape index (κ1) is 13.5. The third kappa shape index (κ3) is 2.42. The summed E-state index contributed by atoms with van der Waals surface area (Å²) in [6, 6.07) is 4.08. The molecular formula is C11H11BrClFN4. The van der Waals surface area contributed by atoms with Crippen molar-refractivity contribution in [3.05, 3.63) is 51.0 Å². The summed E-state index contributed by atoms with van der Waals surface area (Å²) in [5.74, 6) is 5.16. The number of nitrogens with two attached hydrogens (primary N) is 1.